The van der Waals surface area contributed by atoms with Crippen LogP contribution in [0.15, 0.2) is 0 Å². The van der Waals surface area contributed by atoms with Crippen LogP contribution in [0, 0.1) is 0 Å². The molecule has 0 saturated carbocycles. The Hall–Kier alpha value is -2.32. The van der Waals surface area contributed by atoms with Gasteiger partial charge in [0.25, 0.3) is 0 Å². The molecule has 4 amide bonds. The van der Waals surface area contributed by atoms with Gasteiger partial charge in [-0.25, -0.2) is 9.59 Å². The lowest BCUT2D eigenvalue weighted by Gasteiger charge is -2.20. The Morgan fingerprint density at radius 2 is 1.90 bits per heavy atom. The van der Waals surface area contributed by atoms with Crippen molar-refractivity contribution < 1.29 is 24.3 Å². The van der Waals surface area contributed by atoms with Gasteiger partial charge < -0.3 is 26.4 Å². The van der Waals surface area contributed by atoms with E-state index in [9.17, 15) is 19.2 Å². The molecular weight excluding hydrogens is 268 g/mol. The topological polar surface area (TPSA) is 142 Å². The van der Waals surface area contributed by atoms with E-state index in [1.54, 1.807) is 6.92 Å². The number of rotatable bonds is 8. The highest BCUT2D eigenvalue weighted by Gasteiger charge is 2.22. The molecule has 0 saturated heterocycles. The number of aliphatic carboxylic acids is 1. The zero-order valence-corrected chi connectivity index (χ0v) is 11.5. The van der Waals surface area contributed by atoms with Crippen LogP contribution in [-0.4, -0.2) is 60.0 Å². The van der Waals surface area contributed by atoms with E-state index in [1.165, 1.54) is 7.05 Å². The molecule has 0 bridgehead atoms. The molecule has 1 atom stereocenters. The summed E-state index contributed by atoms with van der Waals surface area (Å²) in [5.74, 6) is -2.28. The van der Waals surface area contributed by atoms with Crippen LogP contribution >= 0.6 is 0 Å². The van der Waals surface area contributed by atoms with Gasteiger partial charge in [0.05, 0.1) is 0 Å². The molecule has 0 spiro atoms. The van der Waals surface area contributed by atoms with Gasteiger partial charge in [-0.1, -0.05) is 0 Å². The van der Waals surface area contributed by atoms with Crippen molar-refractivity contribution in [1.82, 2.24) is 15.5 Å². The van der Waals surface area contributed by atoms with Crippen molar-refractivity contribution in [2.24, 2.45) is 5.73 Å². The third kappa shape index (κ3) is 7.19. The number of nitrogens with one attached hydrogen (secondary N) is 2. The van der Waals surface area contributed by atoms with Crippen LogP contribution < -0.4 is 16.4 Å². The van der Waals surface area contributed by atoms with E-state index in [1.807, 2.05) is 0 Å². The summed E-state index contributed by atoms with van der Waals surface area (Å²) in [6, 6.07) is -1.94. The van der Waals surface area contributed by atoms with Crippen LogP contribution in [0.25, 0.3) is 0 Å². The minimum absolute atomic E-state index is 0.106. The van der Waals surface area contributed by atoms with Crippen molar-refractivity contribution in [1.29, 1.82) is 0 Å². The minimum atomic E-state index is -1.27. The maximum Gasteiger partial charge on any atom is 0.326 e. The average molecular weight is 288 g/mol. The van der Waals surface area contributed by atoms with Gasteiger partial charge in [0, 0.05) is 20.0 Å². The summed E-state index contributed by atoms with van der Waals surface area (Å²) < 4.78 is 0. The Morgan fingerprint density at radius 1 is 1.30 bits per heavy atom. The second kappa shape index (κ2) is 8.73. The molecule has 0 rings (SSSR count). The molecule has 114 valence electrons. The molecule has 0 aromatic heterocycles. The predicted molar refractivity (Wildman–Crippen MR) is 69.7 cm³/mol. The lowest BCUT2D eigenvalue weighted by molar-refractivity contribution is -0.139. The molecule has 0 radical (unpaired) electrons. The smallest absolute Gasteiger partial charge is 0.326 e. The Kier molecular flexibility index (Phi) is 7.71. The summed E-state index contributed by atoms with van der Waals surface area (Å²) >= 11 is 0. The minimum Gasteiger partial charge on any atom is -0.480 e. The largest absolute Gasteiger partial charge is 0.480 e. The number of carbonyl (C=O) groups is 4. The number of likely N-dealkylation sites (N-methyl/N-ethyl adjacent to an activating group) is 2. The number of hydrogen-bond donors (Lipinski definition) is 4. The van der Waals surface area contributed by atoms with Gasteiger partial charge in [0.15, 0.2) is 0 Å². The van der Waals surface area contributed by atoms with E-state index in [4.69, 9.17) is 10.8 Å². The van der Waals surface area contributed by atoms with E-state index < -0.39 is 23.9 Å². The predicted octanol–water partition coefficient (Wildman–Crippen LogP) is -1.52. The first-order valence-electron chi connectivity index (χ1n) is 6.07. The fourth-order valence-corrected chi connectivity index (χ4v) is 1.34. The number of hydrogen-bond acceptors (Lipinski definition) is 4. The number of carboxylic acids is 1. The highest BCUT2D eigenvalue weighted by molar-refractivity contribution is 5.86. The Morgan fingerprint density at radius 3 is 2.35 bits per heavy atom. The first-order valence-corrected chi connectivity index (χ1v) is 6.07. The first-order chi connectivity index (χ1) is 9.27. The quantitative estimate of drug-likeness (QED) is 0.429. The zero-order chi connectivity index (χ0) is 15.7. The number of amides is 4. The van der Waals surface area contributed by atoms with Crippen LogP contribution in [0.5, 0.6) is 0 Å². The maximum absolute atomic E-state index is 11.7. The lowest BCUT2D eigenvalue weighted by Crippen LogP contribution is -2.49. The zero-order valence-electron chi connectivity index (χ0n) is 11.5. The lowest BCUT2D eigenvalue weighted by atomic mass is 10.1. The summed E-state index contributed by atoms with van der Waals surface area (Å²) in [6.45, 7) is 1.98. The normalized spacial score (nSPS) is 11.3. The molecule has 0 aliphatic carbocycles. The molecule has 9 nitrogen and oxygen atoms in total. The fraction of sp³-hybridized carbons (Fsp3) is 0.636. The van der Waals surface area contributed by atoms with Crippen LogP contribution in [0.4, 0.5) is 4.79 Å². The average Bonchev–Trinajstić information content (AvgIpc) is 2.33. The third-order valence-corrected chi connectivity index (χ3v) is 2.38. The number of nitrogens with two attached hydrogens (primary N) is 1. The van der Waals surface area contributed by atoms with Gasteiger partial charge in [0.1, 0.15) is 12.6 Å². The van der Waals surface area contributed by atoms with Gasteiger partial charge >= 0.3 is 12.0 Å². The molecule has 20 heavy (non-hydrogen) atoms. The Balaban J connectivity index is 4.40. The van der Waals surface area contributed by atoms with Gasteiger partial charge in [-0.3, -0.25) is 9.59 Å². The summed E-state index contributed by atoms with van der Waals surface area (Å²) in [4.78, 5) is 45.6. The van der Waals surface area contributed by atoms with E-state index in [2.05, 4.69) is 10.6 Å². The molecular formula is C11H20N4O5. The van der Waals surface area contributed by atoms with Gasteiger partial charge in [0.2, 0.25) is 11.8 Å². The molecule has 0 heterocycles. The van der Waals surface area contributed by atoms with Gasteiger partial charge in [-0.15, -0.1) is 0 Å². The first kappa shape index (κ1) is 17.7. The summed E-state index contributed by atoms with van der Waals surface area (Å²) in [7, 11) is 1.36. The van der Waals surface area contributed by atoms with E-state index >= 15 is 0 Å². The molecule has 0 aromatic rings. The summed E-state index contributed by atoms with van der Waals surface area (Å²) in [6.07, 6.45) is -0.261. The van der Waals surface area contributed by atoms with Crippen molar-refractivity contribution in [3.63, 3.8) is 0 Å². The SMILES string of the molecule is CCNC(=O)CN(C)C(=O)N[C@@H](CCC(N)=O)C(=O)O. The van der Waals surface area contributed by atoms with Crippen molar-refractivity contribution >= 4 is 23.8 Å². The van der Waals surface area contributed by atoms with E-state index in [0.717, 1.165) is 4.90 Å². The second-order valence-corrected chi connectivity index (χ2v) is 4.15. The molecule has 0 aliphatic rings. The standard InChI is InChI=1S/C11H20N4O5/c1-3-13-9(17)6-15(2)11(20)14-7(10(18)19)4-5-8(12)16/h7H,3-6H2,1-2H3,(H2,12,16)(H,13,17)(H,14,20)(H,18,19)/t7-/m0/s1. The van der Waals surface area contributed by atoms with Crippen molar-refractivity contribution in [2.75, 3.05) is 20.1 Å². The molecule has 0 fully saturated rings. The Labute approximate surface area is 116 Å². The molecule has 0 aromatic carbocycles. The van der Waals surface area contributed by atoms with Crippen molar-refractivity contribution in [2.45, 2.75) is 25.8 Å². The van der Waals surface area contributed by atoms with E-state index in [-0.39, 0.29) is 25.3 Å². The number of urea groups is 1. The van der Waals surface area contributed by atoms with E-state index in [0.29, 0.717) is 6.54 Å². The third-order valence-electron chi connectivity index (χ3n) is 2.38. The second-order valence-electron chi connectivity index (χ2n) is 4.15. The van der Waals surface area contributed by atoms with Gasteiger partial charge in [-0.2, -0.15) is 0 Å². The molecule has 9 heteroatoms. The monoisotopic (exact) mass is 288 g/mol. The number of primary amides is 1. The molecule has 5 N–H and O–H groups in total. The molecule has 0 aliphatic heterocycles. The molecule has 0 unspecified atom stereocenters. The number of carbonyl (C=O) groups excluding carboxylic acids is 3. The fourth-order valence-electron chi connectivity index (χ4n) is 1.34. The maximum atomic E-state index is 11.7. The highest BCUT2D eigenvalue weighted by Crippen LogP contribution is 1.99. The highest BCUT2D eigenvalue weighted by atomic mass is 16.4. The number of carboxylic acid groups (broad SMARTS) is 1. The number of nitrogens with zero attached hydrogens (tertiary/aromatic N) is 1. The Bertz CT molecular complexity index is 385. The van der Waals surface area contributed by atoms with Crippen LogP contribution in [0.1, 0.15) is 19.8 Å². The van der Waals surface area contributed by atoms with Gasteiger partial charge in [-0.05, 0) is 13.3 Å². The summed E-state index contributed by atoms with van der Waals surface area (Å²) in [5, 5.41) is 13.6. The van der Waals surface area contributed by atoms with Crippen LogP contribution in [0.3, 0.4) is 0 Å². The summed E-state index contributed by atoms with van der Waals surface area (Å²) in [5.41, 5.74) is 4.92. The van der Waals surface area contributed by atoms with Crippen LogP contribution in [-0.2, 0) is 14.4 Å². The van der Waals surface area contributed by atoms with Crippen molar-refractivity contribution in [3.05, 3.63) is 0 Å². The van der Waals surface area contributed by atoms with Crippen LogP contribution in [0.2, 0.25) is 0 Å². The van der Waals surface area contributed by atoms with Crippen molar-refractivity contribution in [3.8, 4) is 0 Å².